The molecule has 0 aromatic rings. The number of ketones is 1. The third kappa shape index (κ3) is 9.51. The van der Waals surface area contributed by atoms with Crippen LogP contribution in [-0.2, 0) is 38.0 Å². The predicted molar refractivity (Wildman–Crippen MR) is 186 cm³/mol. The zero-order chi connectivity index (χ0) is 39.0. The summed E-state index contributed by atoms with van der Waals surface area (Å²) >= 11 is 0. The van der Waals surface area contributed by atoms with Crippen molar-refractivity contribution in [3.05, 3.63) is 0 Å². The van der Waals surface area contributed by atoms with E-state index in [9.17, 15) is 35.1 Å². The highest BCUT2D eigenvalue weighted by Crippen LogP contribution is 2.40. The molecule has 3 rings (SSSR count). The summed E-state index contributed by atoms with van der Waals surface area (Å²) in [4.78, 5) is 29.8. The number of ether oxygens (including phenoxy) is 6. The van der Waals surface area contributed by atoms with Gasteiger partial charge < -0.3 is 58.9 Å². The van der Waals surface area contributed by atoms with Crippen LogP contribution in [0, 0.1) is 23.7 Å². The van der Waals surface area contributed by atoms with E-state index in [-0.39, 0.29) is 31.4 Å². The predicted octanol–water partition coefficient (Wildman–Crippen LogP) is 1.79. The zero-order valence-corrected chi connectivity index (χ0v) is 32.9. The molecule has 3 aliphatic rings. The van der Waals surface area contributed by atoms with Crippen LogP contribution in [0.4, 0.5) is 0 Å². The summed E-state index contributed by atoms with van der Waals surface area (Å²) in [6.07, 6.45) is -9.71. The third-order valence-corrected chi connectivity index (χ3v) is 11.8. The molecule has 3 heterocycles. The molecule has 5 N–H and O–H groups in total. The van der Waals surface area contributed by atoms with Gasteiger partial charge in [-0.15, -0.1) is 0 Å². The molecule has 0 bridgehead atoms. The quantitative estimate of drug-likeness (QED) is 0.238. The van der Waals surface area contributed by atoms with Gasteiger partial charge in [0, 0.05) is 37.3 Å². The molecular formula is C37H67NO13. The van der Waals surface area contributed by atoms with Gasteiger partial charge in [0.2, 0.25) is 0 Å². The average molecular weight is 734 g/mol. The first-order valence-electron chi connectivity index (χ1n) is 18.5. The maximum Gasteiger partial charge on any atom is 0.311 e. The molecule has 0 amide bonds. The molecule has 3 aliphatic heterocycles. The van der Waals surface area contributed by atoms with Crippen LogP contribution in [-0.4, -0.2) is 148 Å². The number of cyclic esters (lactones) is 1. The fraction of sp³-hybridized carbons (Fsp3) is 0.946. The number of nitrogens with zero attached hydrogens (tertiary/aromatic N) is 1. The van der Waals surface area contributed by atoms with E-state index in [2.05, 4.69) is 0 Å². The van der Waals surface area contributed by atoms with Crippen molar-refractivity contribution in [2.24, 2.45) is 23.7 Å². The summed E-state index contributed by atoms with van der Waals surface area (Å²) in [5.74, 6) is -4.98. The van der Waals surface area contributed by atoms with Crippen LogP contribution in [0.3, 0.4) is 0 Å². The lowest BCUT2D eigenvalue weighted by Crippen LogP contribution is -2.61. The van der Waals surface area contributed by atoms with Crippen LogP contribution in [0.1, 0.15) is 94.9 Å². The van der Waals surface area contributed by atoms with Crippen molar-refractivity contribution < 1.29 is 63.5 Å². The van der Waals surface area contributed by atoms with E-state index in [1.54, 1.807) is 41.5 Å². The molecule has 51 heavy (non-hydrogen) atoms. The highest BCUT2D eigenvalue weighted by Gasteiger charge is 2.53. The van der Waals surface area contributed by atoms with Crippen LogP contribution in [0.25, 0.3) is 0 Å². The number of esters is 1. The van der Waals surface area contributed by atoms with E-state index in [4.69, 9.17) is 28.4 Å². The number of aliphatic hydroxyl groups is 5. The molecule has 0 aliphatic carbocycles. The summed E-state index contributed by atoms with van der Waals surface area (Å²) in [6, 6.07) is -0.324. The lowest BCUT2D eigenvalue weighted by molar-refractivity contribution is -0.318. The second-order valence-corrected chi connectivity index (χ2v) is 16.5. The Morgan fingerprint density at radius 1 is 0.882 bits per heavy atom. The van der Waals surface area contributed by atoms with Crippen LogP contribution >= 0.6 is 0 Å². The van der Waals surface area contributed by atoms with E-state index in [0.29, 0.717) is 6.42 Å². The first kappa shape index (κ1) is 44.1. The van der Waals surface area contributed by atoms with E-state index in [0.717, 1.165) is 0 Å². The van der Waals surface area contributed by atoms with E-state index in [1.165, 1.54) is 27.9 Å². The molecule has 3 saturated heterocycles. The topological polar surface area (TPSA) is 194 Å². The number of carbonyl (C=O) groups excluding carboxylic acids is 2. The molecule has 0 radical (unpaired) electrons. The Kier molecular flexibility index (Phi) is 14.7. The van der Waals surface area contributed by atoms with Gasteiger partial charge in [0.1, 0.15) is 29.7 Å². The van der Waals surface area contributed by atoms with Crippen LogP contribution in [0.15, 0.2) is 0 Å². The molecule has 18 atom stereocenters. The Morgan fingerprint density at radius 2 is 1.49 bits per heavy atom. The molecule has 3 unspecified atom stereocenters. The Bertz CT molecular complexity index is 1170. The van der Waals surface area contributed by atoms with E-state index in [1.807, 2.05) is 25.9 Å². The molecule has 298 valence electrons. The van der Waals surface area contributed by atoms with Crippen LogP contribution in [0.2, 0.25) is 0 Å². The second-order valence-electron chi connectivity index (χ2n) is 16.5. The minimum atomic E-state index is -1.99. The van der Waals surface area contributed by atoms with Crippen LogP contribution in [0.5, 0.6) is 0 Å². The minimum Gasteiger partial charge on any atom is -0.459 e. The number of likely N-dealkylation sites (N-methyl/N-ethyl adjacent to an activating group) is 1. The van der Waals surface area contributed by atoms with Gasteiger partial charge in [-0.25, -0.2) is 0 Å². The number of hydrogen-bond acceptors (Lipinski definition) is 14. The van der Waals surface area contributed by atoms with Gasteiger partial charge in [0.05, 0.1) is 47.6 Å². The minimum absolute atomic E-state index is 0.0936. The maximum absolute atomic E-state index is 14.1. The van der Waals surface area contributed by atoms with Gasteiger partial charge in [0.15, 0.2) is 12.6 Å². The van der Waals surface area contributed by atoms with Crippen LogP contribution < -0.4 is 0 Å². The normalized spacial score (nSPS) is 49.7. The smallest absolute Gasteiger partial charge is 0.311 e. The summed E-state index contributed by atoms with van der Waals surface area (Å²) in [5, 5.41) is 57.6. The van der Waals surface area contributed by atoms with Crippen molar-refractivity contribution in [1.29, 1.82) is 0 Å². The second kappa shape index (κ2) is 17.0. The van der Waals surface area contributed by atoms with E-state index < -0.39 is 108 Å². The molecule has 0 aromatic heterocycles. The zero-order valence-electron chi connectivity index (χ0n) is 32.9. The monoisotopic (exact) mass is 733 g/mol. The molecule has 0 spiro atoms. The molecule has 0 aromatic carbocycles. The largest absolute Gasteiger partial charge is 0.459 e. The van der Waals surface area contributed by atoms with Crippen molar-refractivity contribution in [3.63, 3.8) is 0 Å². The first-order chi connectivity index (χ1) is 23.4. The highest BCUT2D eigenvalue weighted by molar-refractivity contribution is 5.83. The van der Waals surface area contributed by atoms with Gasteiger partial charge in [-0.3, -0.25) is 9.59 Å². The fourth-order valence-corrected chi connectivity index (χ4v) is 8.41. The third-order valence-electron chi connectivity index (χ3n) is 11.8. The standard InChI is InChI=1S/C37H67NO13/c1-14-25-37(10,45)30(41)20(4)27(39)18(2)16-35(8,44)32(51-34-28(40)24(38(11)12)15-19(3)47-34)21(5)29(22(6)33(43)49-25)50-26-17-36(9,46-13)31(42)23(7)48-26/h18-26,28-32,34,40-42,44-45H,14-17H2,1-13H3/t18-,19-,20?,21+,22-,23+,24+,25?,26?,28-,29+,30-,31+,32-,34+,35-,36-,37-/m1/s1. The molecular weight excluding hydrogens is 666 g/mol. The number of carbonyl (C=O) groups is 2. The highest BCUT2D eigenvalue weighted by atomic mass is 16.7. The van der Waals surface area contributed by atoms with Gasteiger partial charge in [-0.1, -0.05) is 27.7 Å². The Hall–Kier alpha value is -1.30. The molecule has 3 fully saturated rings. The van der Waals surface area contributed by atoms with Crippen molar-refractivity contribution >= 4 is 11.8 Å². The SMILES string of the molecule is CCC1OC(=O)[C@H](C)[C@@H](OC2C[C@@](C)(OC)[C@@H](O)[C@H](C)O2)[C@H](C)[C@@H](O[C@@H]2O[C@H](C)C[C@H](N(C)C)[C@H]2O)[C@](C)(O)C[C@@H](C)C(=O)C(C)[C@@H](O)[C@]1(C)O. The number of aliphatic hydroxyl groups excluding tert-OH is 3. The van der Waals surface area contributed by atoms with Crippen molar-refractivity contribution in [3.8, 4) is 0 Å². The van der Waals surface area contributed by atoms with Gasteiger partial charge in [-0.2, -0.15) is 0 Å². The fourth-order valence-electron chi connectivity index (χ4n) is 8.41. The average Bonchev–Trinajstić information content (AvgIpc) is 3.05. The number of Topliss-reactive ketones (excluding diaryl/α,β-unsaturated/α-hetero) is 1. The summed E-state index contributed by atoms with van der Waals surface area (Å²) in [5.41, 5.74) is -4.84. The van der Waals surface area contributed by atoms with Gasteiger partial charge >= 0.3 is 5.97 Å². The summed E-state index contributed by atoms with van der Waals surface area (Å²) in [7, 11) is 5.18. The maximum atomic E-state index is 14.1. The van der Waals surface area contributed by atoms with Crippen molar-refractivity contribution in [1.82, 2.24) is 4.90 Å². The Labute approximate surface area is 304 Å². The van der Waals surface area contributed by atoms with Crippen molar-refractivity contribution in [2.45, 2.75) is 179 Å². The van der Waals surface area contributed by atoms with Gasteiger partial charge in [-0.05, 0) is 74.9 Å². The number of methoxy groups -OCH3 is 1. The lowest BCUT2D eigenvalue weighted by atomic mass is 9.74. The van der Waals surface area contributed by atoms with Gasteiger partial charge in [0.25, 0.3) is 0 Å². The van der Waals surface area contributed by atoms with Crippen molar-refractivity contribution in [2.75, 3.05) is 21.2 Å². The Morgan fingerprint density at radius 3 is 2.04 bits per heavy atom. The number of hydrogen-bond donors (Lipinski definition) is 5. The van der Waals surface area contributed by atoms with E-state index >= 15 is 0 Å². The molecule has 0 saturated carbocycles. The summed E-state index contributed by atoms with van der Waals surface area (Å²) < 4.78 is 37.1. The number of rotatable bonds is 7. The summed E-state index contributed by atoms with van der Waals surface area (Å²) in [6.45, 7) is 16.3. The first-order valence-corrected chi connectivity index (χ1v) is 18.5. The lowest BCUT2D eigenvalue weighted by Gasteiger charge is -2.49. The Balaban J connectivity index is 2.18. The molecule has 14 heteroatoms. The molecule has 14 nitrogen and oxygen atoms in total.